The maximum atomic E-state index is 12.3. The number of unbranched alkanes of at least 4 members (excludes halogenated alkanes) is 3. The van der Waals surface area contributed by atoms with Gasteiger partial charge in [-0.1, -0.05) is 25.0 Å². The Balaban J connectivity index is 1.92. The standard InChI is InChI=1S/C19H30BNO4/c1-18(2)19(3,4)25-20(24-18)16-11-9-10-15(14-16)17(23)21-12-7-5-6-8-13-22/h9-11,14,22H,5-8,12-13H2,1-4H3,(H,21,23). The molecule has 2 N–H and O–H groups in total. The van der Waals surface area contributed by atoms with Crippen LogP contribution < -0.4 is 10.8 Å². The predicted octanol–water partition coefficient (Wildman–Crippen LogP) is 2.27. The van der Waals surface area contributed by atoms with E-state index in [4.69, 9.17) is 14.4 Å². The van der Waals surface area contributed by atoms with E-state index in [0.29, 0.717) is 12.1 Å². The largest absolute Gasteiger partial charge is 0.494 e. The van der Waals surface area contributed by atoms with E-state index in [2.05, 4.69) is 5.32 Å². The van der Waals surface area contributed by atoms with E-state index in [0.717, 1.165) is 31.1 Å². The third-order valence-corrected chi connectivity index (χ3v) is 5.04. The van der Waals surface area contributed by atoms with Crippen LogP contribution in [0.25, 0.3) is 0 Å². The molecule has 1 aliphatic rings. The summed E-state index contributed by atoms with van der Waals surface area (Å²) in [5.41, 5.74) is 0.673. The summed E-state index contributed by atoms with van der Waals surface area (Å²) in [6, 6.07) is 7.42. The topological polar surface area (TPSA) is 67.8 Å². The Morgan fingerprint density at radius 1 is 1.08 bits per heavy atom. The van der Waals surface area contributed by atoms with Gasteiger partial charge in [0, 0.05) is 18.7 Å². The molecule has 25 heavy (non-hydrogen) atoms. The van der Waals surface area contributed by atoms with Gasteiger partial charge in [0.25, 0.3) is 5.91 Å². The van der Waals surface area contributed by atoms with E-state index >= 15 is 0 Å². The van der Waals surface area contributed by atoms with Crippen molar-refractivity contribution in [3.63, 3.8) is 0 Å². The van der Waals surface area contributed by atoms with Crippen molar-refractivity contribution in [2.75, 3.05) is 13.2 Å². The van der Waals surface area contributed by atoms with Gasteiger partial charge < -0.3 is 19.7 Å². The van der Waals surface area contributed by atoms with Gasteiger partial charge in [-0.05, 0) is 58.1 Å². The van der Waals surface area contributed by atoms with Gasteiger partial charge in [0.05, 0.1) is 11.2 Å². The molecule has 1 amide bonds. The fourth-order valence-corrected chi connectivity index (χ4v) is 2.70. The van der Waals surface area contributed by atoms with Crippen LogP contribution in [-0.2, 0) is 9.31 Å². The van der Waals surface area contributed by atoms with Crippen molar-refractivity contribution in [1.82, 2.24) is 5.32 Å². The molecule has 1 aromatic rings. The van der Waals surface area contributed by atoms with Crippen molar-refractivity contribution >= 4 is 18.5 Å². The number of nitrogens with one attached hydrogen (secondary N) is 1. The molecule has 1 heterocycles. The van der Waals surface area contributed by atoms with Crippen molar-refractivity contribution < 1.29 is 19.2 Å². The van der Waals surface area contributed by atoms with Gasteiger partial charge in [-0.2, -0.15) is 0 Å². The van der Waals surface area contributed by atoms with Crippen LogP contribution in [-0.4, -0.2) is 42.5 Å². The van der Waals surface area contributed by atoms with Gasteiger partial charge in [-0.3, -0.25) is 4.79 Å². The average molecular weight is 347 g/mol. The molecule has 0 atom stereocenters. The van der Waals surface area contributed by atoms with Crippen molar-refractivity contribution in [3.05, 3.63) is 29.8 Å². The van der Waals surface area contributed by atoms with Crippen molar-refractivity contribution in [3.8, 4) is 0 Å². The highest BCUT2D eigenvalue weighted by Crippen LogP contribution is 2.36. The summed E-state index contributed by atoms with van der Waals surface area (Å²) in [6.07, 6.45) is 3.74. The first-order chi connectivity index (χ1) is 11.8. The molecule has 0 aliphatic carbocycles. The second-order valence-corrected chi connectivity index (χ2v) is 7.61. The molecule has 6 heteroatoms. The van der Waals surface area contributed by atoms with Gasteiger partial charge in [-0.25, -0.2) is 0 Å². The lowest BCUT2D eigenvalue weighted by molar-refractivity contribution is 0.00578. The Morgan fingerprint density at radius 3 is 2.36 bits per heavy atom. The second-order valence-electron chi connectivity index (χ2n) is 7.61. The molecule has 138 valence electrons. The summed E-state index contributed by atoms with van der Waals surface area (Å²) in [6.45, 7) is 8.93. The van der Waals surface area contributed by atoms with Crippen LogP contribution in [0.4, 0.5) is 0 Å². The zero-order valence-corrected chi connectivity index (χ0v) is 15.8. The van der Waals surface area contributed by atoms with E-state index in [1.165, 1.54) is 0 Å². The number of hydrogen-bond donors (Lipinski definition) is 2. The Hall–Kier alpha value is -1.37. The highest BCUT2D eigenvalue weighted by molar-refractivity contribution is 6.62. The number of benzene rings is 1. The van der Waals surface area contributed by atoms with E-state index in [1.54, 1.807) is 6.07 Å². The predicted molar refractivity (Wildman–Crippen MR) is 100 cm³/mol. The van der Waals surface area contributed by atoms with Crippen LogP contribution in [0.3, 0.4) is 0 Å². The van der Waals surface area contributed by atoms with Gasteiger partial charge in [0.2, 0.25) is 0 Å². The molecule has 2 rings (SSSR count). The van der Waals surface area contributed by atoms with Crippen LogP contribution in [0, 0.1) is 0 Å². The maximum absolute atomic E-state index is 12.3. The molecular weight excluding hydrogens is 317 g/mol. The smallest absolute Gasteiger partial charge is 0.399 e. The quantitative estimate of drug-likeness (QED) is 0.559. The minimum atomic E-state index is -0.462. The number of hydrogen-bond acceptors (Lipinski definition) is 4. The minimum Gasteiger partial charge on any atom is -0.399 e. The molecule has 0 radical (unpaired) electrons. The van der Waals surface area contributed by atoms with Crippen molar-refractivity contribution in [2.45, 2.75) is 64.6 Å². The fraction of sp³-hybridized carbons (Fsp3) is 0.632. The first kappa shape index (κ1) is 20.0. The van der Waals surface area contributed by atoms with E-state index in [-0.39, 0.29) is 12.5 Å². The van der Waals surface area contributed by atoms with E-state index in [9.17, 15) is 4.79 Å². The Bertz CT molecular complexity index is 573. The Labute approximate surface area is 151 Å². The van der Waals surface area contributed by atoms with Crippen molar-refractivity contribution in [1.29, 1.82) is 0 Å². The number of carbonyl (C=O) groups is 1. The molecule has 0 bridgehead atoms. The van der Waals surface area contributed by atoms with Gasteiger partial charge >= 0.3 is 7.12 Å². The molecule has 1 aromatic carbocycles. The van der Waals surface area contributed by atoms with Crippen molar-refractivity contribution in [2.24, 2.45) is 0 Å². The lowest BCUT2D eigenvalue weighted by Gasteiger charge is -2.32. The number of rotatable bonds is 8. The number of aliphatic hydroxyl groups excluding tert-OH is 1. The normalized spacial score (nSPS) is 18.4. The van der Waals surface area contributed by atoms with E-state index < -0.39 is 18.3 Å². The second kappa shape index (κ2) is 8.34. The average Bonchev–Trinajstić information content (AvgIpc) is 2.79. The van der Waals surface area contributed by atoms with E-state index in [1.807, 2.05) is 45.9 Å². The first-order valence-electron chi connectivity index (χ1n) is 9.11. The van der Waals surface area contributed by atoms with Crippen LogP contribution in [0.1, 0.15) is 63.7 Å². The number of amides is 1. The Morgan fingerprint density at radius 2 is 1.72 bits per heavy atom. The summed E-state index contributed by atoms with van der Waals surface area (Å²) in [5.74, 6) is -0.0828. The summed E-state index contributed by atoms with van der Waals surface area (Å²) < 4.78 is 12.1. The minimum absolute atomic E-state index is 0.0828. The molecule has 1 fully saturated rings. The molecule has 1 aliphatic heterocycles. The molecule has 0 unspecified atom stereocenters. The third-order valence-electron chi connectivity index (χ3n) is 5.04. The lowest BCUT2D eigenvalue weighted by atomic mass is 9.78. The molecule has 0 saturated carbocycles. The summed E-state index contributed by atoms with van der Waals surface area (Å²) in [4.78, 5) is 12.3. The Kier molecular flexibility index (Phi) is 6.66. The lowest BCUT2D eigenvalue weighted by Crippen LogP contribution is -2.41. The molecule has 0 spiro atoms. The SMILES string of the molecule is CC1(C)OB(c2cccc(C(=O)NCCCCCCO)c2)OC1(C)C. The van der Waals surface area contributed by atoms with Gasteiger partial charge in [0.15, 0.2) is 0 Å². The maximum Gasteiger partial charge on any atom is 0.494 e. The molecular formula is C19H30BNO4. The summed E-state index contributed by atoms with van der Waals surface area (Å²) in [5, 5.41) is 11.7. The highest BCUT2D eigenvalue weighted by Gasteiger charge is 2.51. The number of carbonyl (C=O) groups excluding carboxylic acids is 1. The molecule has 5 nitrogen and oxygen atoms in total. The highest BCUT2D eigenvalue weighted by atomic mass is 16.7. The van der Waals surface area contributed by atoms with Crippen LogP contribution in [0.15, 0.2) is 24.3 Å². The van der Waals surface area contributed by atoms with Crippen LogP contribution in [0.5, 0.6) is 0 Å². The first-order valence-corrected chi connectivity index (χ1v) is 9.11. The van der Waals surface area contributed by atoms with Crippen LogP contribution >= 0.6 is 0 Å². The third kappa shape index (κ3) is 5.06. The zero-order valence-electron chi connectivity index (χ0n) is 15.8. The van der Waals surface area contributed by atoms with Gasteiger partial charge in [0.1, 0.15) is 0 Å². The van der Waals surface area contributed by atoms with Crippen LogP contribution in [0.2, 0.25) is 0 Å². The monoisotopic (exact) mass is 347 g/mol. The molecule has 1 saturated heterocycles. The zero-order chi connectivity index (χ0) is 18.5. The number of aliphatic hydroxyl groups is 1. The fourth-order valence-electron chi connectivity index (χ4n) is 2.70. The summed E-state index contributed by atoms with van der Waals surface area (Å²) >= 11 is 0. The molecule has 0 aromatic heterocycles. The summed E-state index contributed by atoms with van der Waals surface area (Å²) in [7, 11) is -0.462. The van der Waals surface area contributed by atoms with Gasteiger partial charge in [-0.15, -0.1) is 0 Å².